The molecule has 1 aliphatic heterocycles. The van der Waals surface area contributed by atoms with Crippen molar-refractivity contribution in [2.24, 2.45) is 5.92 Å². The normalized spacial score (nSPS) is 17.7. The molecule has 2 rings (SSSR count). The number of carbonyl (C=O) groups is 1. The van der Waals surface area contributed by atoms with E-state index in [1.165, 1.54) is 0 Å². The van der Waals surface area contributed by atoms with Gasteiger partial charge in [-0.05, 0) is 25.0 Å². The SMILES string of the molecule is CC(C)C(C)NC(=O)CN1CCN(CCOc2ccccc2)CC1. The molecule has 0 radical (unpaired) electrons. The third-order valence-electron chi connectivity index (χ3n) is 4.64. The number of carbonyl (C=O) groups excluding carboxylic acids is 1. The number of nitrogens with zero attached hydrogens (tertiary/aromatic N) is 2. The lowest BCUT2D eigenvalue weighted by Gasteiger charge is -2.34. The van der Waals surface area contributed by atoms with E-state index in [2.05, 4.69) is 35.9 Å². The Bertz CT molecular complexity index is 485. The summed E-state index contributed by atoms with van der Waals surface area (Å²) in [4.78, 5) is 16.7. The molecule has 24 heavy (non-hydrogen) atoms. The monoisotopic (exact) mass is 333 g/mol. The van der Waals surface area contributed by atoms with Crippen LogP contribution >= 0.6 is 0 Å². The van der Waals surface area contributed by atoms with Crippen molar-refractivity contribution in [3.63, 3.8) is 0 Å². The minimum Gasteiger partial charge on any atom is -0.492 e. The smallest absolute Gasteiger partial charge is 0.234 e. The fourth-order valence-electron chi connectivity index (χ4n) is 2.65. The molecule has 0 aromatic heterocycles. The second kappa shape index (κ2) is 9.64. The molecular formula is C19H31N3O2. The van der Waals surface area contributed by atoms with Gasteiger partial charge in [0.25, 0.3) is 0 Å². The van der Waals surface area contributed by atoms with Crippen molar-refractivity contribution >= 4 is 5.91 Å². The van der Waals surface area contributed by atoms with Crippen molar-refractivity contribution in [2.45, 2.75) is 26.8 Å². The molecular weight excluding hydrogens is 302 g/mol. The summed E-state index contributed by atoms with van der Waals surface area (Å²) in [6.45, 7) is 12.3. The van der Waals surface area contributed by atoms with Crippen LogP contribution in [0.15, 0.2) is 30.3 Å². The fourth-order valence-corrected chi connectivity index (χ4v) is 2.65. The Kier molecular flexibility index (Phi) is 7.53. The first-order chi connectivity index (χ1) is 11.5. The molecule has 1 N–H and O–H groups in total. The zero-order valence-electron chi connectivity index (χ0n) is 15.2. The zero-order valence-corrected chi connectivity index (χ0v) is 15.2. The van der Waals surface area contributed by atoms with Gasteiger partial charge in [-0.1, -0.05) is 32.0 Å². The Morgan fingerprint density at radius 2 is 1.71 bits per heavy atom. The van der Waals surface area contributed by atoms with Gasteiger partial charge in [-0.25, -0.2) is 0 Å². The summed E-state index contributed by atoms with van der Waals surface area (Å²) in [6, 6.07) is 10.2. The molecule has 1 aromatic rings. The maximum Gasteiger partial charge on any atom is 0.234 e. The Morgan fingerprint density at radius 1 is 1.08 bits per heavy atom. The quantitative estimate of drug-likeness (QED) is 0.788. The molecule has 5 nitrogen and oxygen atoms in total. The summed E-state index contributed by atoms with van der Waals surface area (Å²) < 4.78 is 5.75. The van der Waals surface area contributed by atoms with Gasteiger partial charge in [-0.3, -0.25) is 14.6 Å². The molecule has 0 aliphatic carbocycles. The van der Waals surface area contributed by atoms with Gasteiger partial charge in [0.15, 0.2) is 0 Å². The van der Waals surface area contributed by atoms with Gasteiger partial charge >= 0.3 is 0 Å². The minimum atomic E-state index is 0.136. The highest BCUT2D eigenvalue weighted by Gasteiger charge is 2.19. The first-order valence-electron chi connectivity index (χ1n) is 8.96. The molecule has 0 bridgehead atoms. The second-order valence-electron chi connectivity index (χ2n) is 6.88. The average molecular weight is 333 g/mol. The van der Waals surface area contributed by atoms with E-state index < -0.39 is 0 Å². The maximum atomic E-state index is 12.1. The molecule has 1 heterocycles. The van der Waals surface area contributed by atoms with Crippen LogP contribution in [0.5, 0.6) is 5.75 Å². The number of piperazine rings is 1. The summed E-state index contributed by atoms with van der Waals surface area (Å²) in [5.41, 5.74) is 0. The Balaban J connectivity index is 1.60. The van der Waals surface area contributed by atoms with Crippen LogP contribution in [0.1, 0.15) is 20.8 Å². The highest BCUT2D eigenvalue weighted by atomic mass is 16.5. The predicted molar refractivity (Wildman–Crippen MR) is 97.3 cm³/mol. The lowest BCUT2D eigenvalue weighted by Crippen LogP contribution is -2.51. The Morgan fingerprint density at radius 3 is 2.33 bits per heavy atom. The van der Waals surface area contributed by atoms with Gasteiger partial charge in [0.05, 0.1) is 6.54 Å². The van der Waals surface area contributed by atoms with Crippen molar-refractivity contribution < 1.29 is 9.53 Å². The van der Waals surface area contributed by atoms with Gasteiger partial charge in [0.1, 0.15) is 12.4 Å². The molecule has 1 unspecified atom stereocenters. The van der Waals surface area contributed by atoms with Crippen LogP contribution in [0.4, 0.5) is 0 Å². The van der Waals surface area contributed by atoms with Crippen molar-refractivity contribution in [2.75, 3.05) is 45.9 Å². The molecule has 0 saturated carbocycles. The summed E-state index contributed by atoms with van der Waals surface area (Å²) in [7, 11) is 0. The minimum absolute atomic E-state index is 0.136. The van der Waals surface area contributed by atoms with Gasteiger partial charge in [-0.2, -0.15) is 0 Å². The number of amides is 1. The van der Waals surface area contributed by atoms with Gasteiger partial charge in [0.2, 0.25) is 5.91 Å². The summed E-state index contributed by atoms with van der Waals surface area (Å²) in [5.74, 6) is 1.53. The summed E-state index contributed by atoms with van der Waals surface area (Å²) in [6.07, 6.45) is 0. The standard InChI is InChI=1S/C19H31N3O2/c1-16(2)17(3)20-19(23)15-22-11-9-21(10-12-22)13-14-24-18-7-5-4-6-8-18/h4-8,16-17H,9-15H2,1-3H3,(H,20,23). The van der Waals surface area contributed by atoms with Crippen molar-refractivity contribution in [3.05, 3.63) is 30.3 Å². The Hall–Kier alpha value is -1.59. The van der Waals surface area contributed by atoms with E-state index in [1.54, 1.807) is 0 Å². The number of hydrogen-bond acceptors (Lipinski definition) is 4. The van der Waals surface area contributed by atoms with Crippen molar-refractivity contribution in [3.8, 4) is 5.75 Å². The van der Waals surface area contributed by atoms with Gasteiger partial charge < -0.3 is 10.1 Å². The van der Waals surface area contributed by atoms with E-state index in [4.69, 9.17) is 4.74 Å². The van der Waals surface area contributed by atoms with E-state index in [1.807, 2.05) is 30.3 Å². The molecule has 1 saturated heterocycles. The van der Waals surface area contributed by atoms with Crippen LogP contribution in [-0.4, -0.2) is 67.6 Å². The molecule has 1 amide bonds. The van der Waals surface area contributed by atoms with E-state index in [0.717, 1.165) is 38.5 Å². The third-order valence-corrected chi connectivity index (χ3v) is 4.64. The number of nitrogens with one attached hydrogen (secondary N) is 1. The summed E-state index contributed by atoms with van der Waals surface area (Å²) >= 11 is 0. The number of hydrogen-bond donors (Lipinski definition) is 1. The highest BCUT2D eigenvalue weighted by Crippen LogP contribution is 2.08. The van der Waals surface area contributed by atoms with E-state index in [9.17, 15) is 4.79 Å². The summed E-state index contributed by atoms with van der Waals surface area (Å²) in [5, 5.41) is 3.08. The third kappa shape index (κ3) is 6.49. The van der Waals surface area contributed by atoms with E-state index >= 15 is 0 Å². The Labute approximate surface area is 146 Å². The lowest BCUT2D eigenvalue weighted by atomic mass is 10.1. The number of rotatable bonds is 8. The van der Waals surface area contributed by atoms with Crippen LogP contribution in [0.25, 0.3) is 0 Å². The number of benzene rings is 1. The molecule has 5 heteroatoms. The van der Waals surface area contributed by atoms with Crippen LogP contribution in [0, 0.1) is 5.92 Å². The molecule has 1 atom stereocenters. The molecule has 134 valence electrons. The molecule has 1 aliphatic rings. The highest BCUT2D eigenvalue weighted by molar-refractivity contribution is 5.78. The molecule has 0 spiro atoms. The second-order valence-corrected chi connectivity index (χ2v) is 6.88. The number of ether oxygens (including phenoxy) is 1. The first-order valence-corrected chi connectivity index (χ1v) is 8.96. The molecule has 1 fully saturated rings. The van der Waals surface area contributed by atoms with E-state index in [0.29, 0.717) is 19.1 Å². The van der Waals surface area contributed by atoms with Crippen LogP contribution in [0.2, 0.25) is 0 Å². The van der Waals surface area contributed by atoms with E-state index in [-0.39, 0.29) is 11.9 Å². The van der Waals surface area contributed by atoms with Gasteiger partial charge in [0, 0.05) is 38.8 Å². The maximum absolute atomic E-state index is 12.1. The van der Waals surface area contributed by atoms with Crippen LogP contribution < -0.4 is 10.1 Å². The molecule has 1 aromatic carbocycles. The average Bonchev–Trinajstić information content (AvgIpc) is 2.57. The van der Waals surface area contributed by atoms with Gasteiger partial charge in [-0.15, -0.1) is 0 Å². The van der Waals surface area contributed by atoms with Crippen molar-refractivity contribution in [1.82, 2.24) is 15.1 Å². The zero-order chi connectivity index (χ0) is 17.4. The predicted octanol–water partition coefficient (Wildman–Crippen LogP) is 1.84. The largest absolute Gasteiger partial charge is 0.492 e. The first kappa shape index (κ1) is 18.7. The fraction of sp³-hybridized carbons (Fsp3) is 0.632. The lowest BCUT2D eigenvalue weighted by molar-refractivity contribution is -0.123. The number of para-hydroxylation sites is 1. The van der Waals surface area contributed by atoms with Crippen LogP contribution in [0.3, 0.4) is 0 Å². The van der Waals surface area contributed by atoms with Crippen LogP contribution in [-0.2, 0) is 4.79 Å². The topological polar surface area (TPSA) is 44.8 Å². The van der Waals surface area contributed by atoms with Crippen molar-refractivity contribution in [1.29, 1.82) is 0 Å².